The number of aryl methyl sites for hydroxylation is 1. The number of nitrogens with one attached hydrogen (secondary N) is 1. The van der Waals surface area contributed by atoms with Gasteiger partial charge in [-0.2, -0.15) is 0 Å². The van der Waals surface area contributed by atoms with Crippen molar-refractivity contribution in [3.8, 4) is 0 Å². The van der Waals surface area contributed by atoms with Gasteiger partial charge in [-0.1, -0.05) is 67.8 Å². The molecule has 0 amide bonds. The van der Waals surface area contributed by atoms with Crippen LogP contribution in [0.25, 0.3) is 0 Å². The van der Waals surface area contributed by atoms with Gasteiger partial charge in [0.2, 0.25) is 10.0 Å². The molecule has 7 heteroatoms. The minimum Gasteiger partial charge on any atom is -0.369 e. The van der Waals surface area contributed by atoms with Crippen molar-refractivity contribution in [2.75, 3.05) is 25.4 Å². The van der Waals surface area contributed by atoms with Gasteiger partial charge in [0.25, 0.3) is 0 Å². The molecule has 1 spiro atoms. The molecule has 46 heavy (non-hydrogen) atoms. The summed E-state index contributed by atoms with van der Waals surface area (Å²) in [7, 11) is -3.34. The molecule has 0 bridgehead atoms. The van der Waals surface area contributed by atoms with E-state index >= 15 is 0 Å². The van der Waals surface area contributed by atoms with Crippen LogP contribution in [0.2, 0.25) is 0 Å². The molecule has 1 unspecified atom stereocenters. The number of likely N-dealkylation sites (tertiary alicyclic amines) is 1. The Morgan fingerprint density at radius 2 is 1.87 bits per heavy atom. The van der Waals surface area contributed by atoms with Gasteiger partial charge in [0.1, 0.15) is 0 Å². The number of hydrogen-bond acceptors (Lipinski definition) is 5. The molecule has 2 heterocycles. The van der Waals surface area contributed by atoms with Gasteiger partial charge in [-0.15, -0.1) is 0 Å². The van der Waals surface area contributed by atoms with E-state index in [1.807, 2.05) is 36.4 Å². The van der Waals surface area contributed by atoms with Gasteiger partial charge < -0.3 is 4.74 Å². The zero-order valence-corrected chi connectivity index (χ0v) is 29.3. The normalized spacial score (nSPS) is 43.3. The van der Waals surface area contributed by atoms with Crippen LogP contribution >= 0.6 is 0 Å². The SMILES string of the molecule is CC1=C2C[C@@]34CC3(CCC3=CC(=O)CC[C@@]34C)[C@@H]2CC[C@@]2(C1)O[C@@H]1C[C@H](C)CN(CCNS(=O)(=O)CCc3ccccc3)[C@H]1[C@H]2C. The van der Waals surface area contributed by atoms with Crippen molar-refractivity contribution < 1.29 is 17.9 Å². The van der Waals surface area contributed by atoms with Gasteiger partial charge in [0, 0.05) is 38.0 Å². The quantitative estimate of drug-likeness (QED) is 0.337. The van der Waals surface area contributed by atoms with Gasteiger partial charge >= 0.3 is 0 Å². The number of nitrogens with zero attached hydrogens (tertiary/aromatic N) is 1. The Bertz CT molecular complexity index is 1590. The second kappa shape index (κ2) is 10.9. The number of benzene rings is 1. The first kappa shape index (κ1) is 31.5. The third-order valence-corrected chi connectivity index (χ3v) is 16.1. The minimum absolute atomic E-state index is 0.120. The van der Waals surface area contributed by atoms with Crippen molar-refractivity contribution in [2.45, 2.75) is 116 Å². The van der Waals surface area contributed by atoms with Crippen molar-refractivity contribution >= 4 is 15.8 Å². The van der Waals surface area contributed by atoms with Gasteiger partial charge in [-0.05, 0) is 111 Å². The summed E-state index contributed by atoms with van der Waals surface area (Å²) in [6.45, 7) is 11.9. The number of sulfonamides is 1. The summed E-state index contributed by atoms with van der Waals surface area (Å²) in [6.07, 6.45) is 14.0. The van der Waals surface area contributed by atoms with Crippen molar-refractivity contribution in [3.05, 3.63) is 58.7 Å². The van der Waals surface area contributed by atoms with Crippen LogP contribution in [0.1, 0.15) is 97.5 Å². The number of fused-ring (bicyclic) bond motifs is 3. The maximum Gasteiger partial charge on any atom is 0.211 e. The van der Waals surface area contributed by atoms with Crippen molar-refractivity contribution in [2.24, 2.45) is 34.0 Å². The Morgan fingerprint density at radius 1 is 1.07 bits per heavy atom. The van der Waals surface area contributed by atoms with E-state index in [9.17, 15) is 13.2 Å². The Hall–Kier alpha value is -1.80. The van der Waals surface area contributed by atoms with Gasteiger partial charge in [-0.3, -0.25) is 9.69 Å². The number of hydrogen-bond donors (Lipinski definition) is 1. The topological polar surface area (TPSA) is 75.7 Å². The molecule has 6 nitrogen and oxygen atoms in total. The van der Waals surface area contributed by atoms with Crippen LogP contribution in [-0.2, 0) is 26.0 Å². The lowest BCUT2D eigenvalue weighted by Crippen LogP contribution is -2.53. The molecule has 7 aliphatic rings. The molecule has 0 aromatic heterocycles. The molecule has 3 saturated carbocycles. The molecule has 8 rings (SSSR count). The summed E-state index contributed by atoms with van der Waals surface area (Å²) in [6, 6.07) is 10.2. The highest BCUT2D eigenvalue weighted by atomic mass is 32.2. The molecule has 1 aromatic carbocycles. The fraction of sp³-hybridized carbons (Fsp3) is 0.718. The zero-order valence-electron chi connectivity index (χ0n) is 28.4. The van der Waals surface area contributed by atoms with Crippen LogP contribution in [0.4, 0.5) is 0 Å². The number of ketones is 1. The monoisotopic (exact) mass is 646 g/mol. The van der Waals surface area contributed by atoms with E-state index in [1.165, 1.54) is 31.3 Å². The number of allylic oxidation sites excluding steroid dienone is 3. The average Bonchev–Trinajstić information content (AvgIpc) is 3.55. The summed E-state index contributed by atoms with van der Waals surface area (Å²) < 4.78 is 36.0. The molecular weight excluding hydrogens is 593 g/mol. The summed E-state index contributed by atoms with van der Waals surface area (Å²) in [5.74, 6) is 2.06. The fourth-order valence-corrected chi connectivity index (χ4v) is 13.5. The fourth-order valence-electron chi connectivity index (χ4n) is 12.5. The van der Waals surface area contributed by atoms with Crippen LogP contribution in [0, 0.1) is 34.0 Å². The van der Waals surface area contributed by atoms with E-state index in [1.54, 1.807) is 11.1 Å². The molecule has 2 saturated heterocycles. The Balaban J connectivity index is 0.974. The van der Waals surface area contributed by atoms with Gasteiger partial charge in [0.15, 0.2) is 5.78 Å². The number of ether oxygens (including phenoxy) is 1. The van der Waals surface area contributed by atoms with E-state index in [-0.39, 0.29) is 22.9 Å². The molecule has 5 aliphatic carbocycles. The first-order valence-corrected chi connectivity index (χ1v) is 19.9. The number of carbonyl (C=O) groups is 1. The minimum atomic E-state index is -3.34. The number of rotatable bonds is 7. The van der Waals surface area contributed by atoms with Gasteiger partial charge in [-0.25, -0.2) is 13.1 Å². The lowest BCUT2D eigenvalue weighted by Gasteiger charge is -2.48. The highest BCUT2D eigenvalue weighted by molar-refractivity contribution is 7.89. The standard InChI is InChI=1S/C39H54N2O4S/c1-26-20-34-35(41(24-26)18-17-40-46(43,44)19-13-29-8-6-5-7-9-29)28(3)38(45-34)16-12-33-32(27(2)22-38)23-39-25-37(33,39)15-10-30-21-31(42)11-14-36(30,39)4/h5-9,21,26,28,33-35,40H,10-20,22-25H2,1-4H3/t26-,28+,33+,34+,35-,36-,37?,38-,39-/m0/s1. The van der Waals surface area contributed by atoms with E-state index in [2.05, 4.69) is 37.3 Å². The van der Waals surface area contributed by atoms with Crippen molar-refractivity contribution in [1.29, 1.82) is 0 Å². The van der Waals surface area contributed by atoms with Crippen molar-refractivity contribution in [1.82, 2.24) is 9.62 Å². The third-order valence-electron chi connectivity index (χ3n) is 14.7. The van der Waals surface area contributed by atoms with Crippen LogP contribution in [0.3, 0.4) is 0 Å². The van der Waals surface area contributed by atoms with Crippen LogP contribution in [0.5, 0.6) is 0 Å². The maximum absolute atomic E-state index is 12.9. The smallest absolute Gasteiger partial charge is 0.211 e. The third kappa shape index (κ3) is 4.64. The predicted octanol–water partition coefficient (Wildman–Crippen LogP) is 6.62. The molecule has 250 valence electrons. The largest absolute Gasteiger partial charge is 0.369 e. The second-order valence-corrected chi connectivity index (χ2v) is 18.8. The molecular formula is C39H54N2O4S. The lowest BCUT2D eigenvalue weighted by molar-refractivity contribution is -0.116. The van der Waals surface area contributed by atoms with Gasteiger partial charge in [0.05, 0.1) is 17.5 Å². The molecule has 9 atom stereocenters. The van der Waals surface area contributed by atoms with Crippen LogP contribution < -0.4 is 4.72 Å². The van der Waals surface area contributed by atoms with E-state index < -0.39 is 10.0 Å². The number of piperidine rings is 1. The van der Waals surface area contributed by atoms with E-state index in [4.69, 9.17) is 4.74 Å². The highest BCUT2D eigenvalue weighted by Crippen LogP contribution is 2.89. The average molecular weight is 647 g/mol. The maximum atomic E-state index is 12.9. The van der Waals surface area contributed by atoms with E-state index in [0.717, 1.165) is 57.2 Å². The summed E-state index contributed by atoms with van der Waals surface area (Å²) in [4.78, 5) is 15.0. The van der Waals surface area contributed by atoms with Crippen LogP contribution in [-0.4, -0.2) is 62.2 Å². The predicted molar refractivity (Wildman–Crippen MR) is 182 cm³/mol. The summed E-state index contributed by atoms with van der Waals surface area (Å²) >= 11 is 0. The lowest BCUT2D eigenvalue weighted by atomic mass is 9.56. The molecule has 2 aliphatic heterocycles. The Labute approximate surface area is 276 Å². The zero-order chi connectivity index (χ0) is 32.1. The highest BCUT2D eigenvalue weighted by Gasteiger charge is 2.82. The Kier molecular flexibility index (Phi) is 7.42. The second-order valence-electron chi connectivity index (χ2n) is 16.9. The van der Waals surface area contributed by atoms with Crippen LogP contribution in [0.15, 0.2) is 53.1 Å². The Morgan fingerprint density at radius 3 is 2.67 bits per heavy atom. The van der Waals surface area contributed by atoms with Crippen molar-refractivity contribution in [3.63, 3.8) is 0 Å². The molecule has 0 radical (unpaired) electrons. The summed E-state index contributed by atoms with van der Waals surface area (Å²) in [5.41, 5.74) is 6.72. The summed E-state index contributed by atoms with van der Waals surface area (Å²) in [5, 5.41) is 0. The van der Waals surface area contributed by atoms with E-state index in [0.29, 0.717) is 53.4 Å². The molecule has 5 fully saturated rings. The first-order chi connectivity index (χ1) is 21.9. The number of carbonyl (C=O) groups excluding carboxylic acids is 1. The first-order valence-electron chi connectivity index (χ1n) is 18.3. The molecule has 1 N–H and O–H groups in total. The molecule has 1 aromatic rings.